The summed E-state index contributed by atoms with van der Waals surface area (Å²) in [5.41, 5.74) is 6.00. The molecule has 0 unspecified atom stereocenters. The number of hydrogen-bond acceptors (Lipinski definition) is 4. The molecule has 2 amide bonds. The van der Waals surface area contributed by atoms with E-state index in [1.54, 1.807) is 24.4 Å². The second kappa shape index (κ2) is 7.49. The molecule has 2 N–H and O–H groups in total. The summed E-state index contributed by atoms with van der Waals surface area (Å²) in [6.07, 6.45) is -0.728. The molecular formula is C18H22N2O3S. The number of hydrogen-bond donors (Lipinski definition) is 2. The molecule has 0 aliphatic heterocycles. The van der Waals surface area contributed by atoms with E-state index in [1.807, 2.05) is 24.3 Å². The summed E-state index contributed by atoms with van der Waals surface area (Å²) in [5.74, 6) is -0.157. The van der Waals surface area contributed by atoms with E-state index < -0.39 is 12.0 Å². The average molecular weight is 346 g/mol. The van der Waals surface area contributed by atoms with Gasteiger partial charge in [-0.15, -0.1) is 11.3 Å². The summed E-state index contributed by atoms with van der Waals surface area (Å²) in [5, 5.41) is 1.80. The Labute approximate surface area is 146 Å². The van der Waals surface area contributed by atoms with Crippen LogP contribution in [0.2, 0.25) is 0 Å². The van der Waals surface area contributed by atoms with Gasteiger partial charge in [-0.05, 0) is 41.5 Å². The molecule has 6 heteroatoms. The van der Waals surface area contributed by atoms with E-state index in [9.17, 15) is 9.59 Å². The first-order chi connectivity index (χ1) is 11.3. The van der Waals surface area contributed by atoms with Crippen molar-refractivity contribution >= 4 is 23.2 Å². The third-order valence-electron chi connectivity index (χ3n) is 3.45. The van der Waals surface area contributed by atoms with Crippen molar-refractivity contribution in [1.82, 2.24) is 10.9 Å². The number of ether oxygens (including phenoxy) is 1. The van der Waals surface area contributed by atoms with Crippen LogP contribution in [0.15, 0.2) is 41.8 Å². The Hall–Kier alpha value is -2.34. The Kier molecular flexibility index (Phi) is 5.62. The number of amides is 2. The van der Waals surface area contributed by atoms with E-state index in [0.29, 0.717) is 10.6 Å². The second-order valence-electron chi connectivity index (χ2n) is 6.46. The highest BCUT2D eigenvalue weighted by Crippen LogP contribution is 2.24. The van der Waals surface area contributed by atoms with Gasteiger partial charge in [-0.3, -0.25) is 20.4 Å². The maximum atomic E-state index is 12.0. The highest BCUT2D eigenvalue weighted by Gasteiger charge is 2.17. The maximum absolute atomic E-state index is 12.0. The van der Waals surface area contributed by atoms with Gasteiger partial charge in [0, 0.05) is 0 Å². The van der Waals surface area contributed by atoms with Gasteiger partial charge < -0.3 is 4.74 Å². The third kappa shape index (κ3) is 4.83. The third-order valence-corrected chi connectivity index (χ3v) is 4.32. The molecule has 1 aromatic carbocycles. The van der Waals surface area contributed by atoms with E-state index >= 15 is 0 Å². The molecule has 0 bridgehead atoms. The average Bonchev–Trinajstić information content (AvgIpc) is 3.06. The summed E-state index contributed by atoms with van der Waals surface area (Å²) in [4.78, 5) is 24.3. The van der Waals surface area contributed by atoms with Crippen LogP contribution >= 0.6 is 11.3 Å². The quantitative estimate of drug-likeness (QED) is 0.835. The number of thiophene rings is 1. The van der Waals surface area contributed by atoms with Crippen molar-refractivity contribution in [2.24, 2.45) is 0 Å². The lowest BCUT2D eigenvalue weighted by molar-refractivity contribution is -0.128. The minimum atomic E-state index is -0.728. The lowest BCUT2D eigenvalue weighted by Crippen LogP contribution is -2.47. The highest BCUT2D eigenvalue weighted by molar-refractivity contribution is 7.12. The molecule has 24 heavy (non-hydrogen) atoms. The zero-order valence-corrected chi connectivity index (χ0v) is 15.1. The fourth-order valence-electron chi connectivity index (χ4n) is 1.98. The normalized spacial score (nSPS) is 12.3. The molecule has 1 heterocycles. The summed E-state index contributed by atoms with van der Waals surface area (Å²) < 4.78 is 5.61. The fraction of sp³-hybridized carbons (Fsp3) is 0.333. The molecule has 5 nitrogen and oxygen atoms in total. The molecular weight excluding hydrogens is 324 g/mol. The summed E-state index contributed by atoms with van der Waals surface area (Å²) in [6, 6.07) is 11.1. The van der Waals surface area contributed by atoms with E-state index in [2.05, 4.69) is 31.6 Å². The van der Waals surface area contributed by atoms with Crippen LogP contribution in [0, 0.1) is 0 Å². The predicted octanol–water partition coefficient (Wildman–Crippen LogP) is 3.27. The Morgan fingerprint density at radius 1 is 1.08 bits per heavy atom. The van der Waals surface area contributed by atoms with E-state index in [4.69, 9.17) is 4.74 Å². The largest absolute Gasteiger partial charge is 0.481 e. The van der Waals surface area contributed by atoms with Crippen LogP contribution < -0.4 is 15.6 Å². The number of benzene rings is 1. The van der Waals surface area contributed by atoms with Gasteiger partial charge in [0.15, 0.2) is 6.10 Å². The molecule has 0 fully saturated rings. The van der Waals surface area contributed by atoms with Crippen LogP contribution in [-0.2, 0) is 10.2 Å². The number of hydrazine groups is 1. The zero-order valence-electron chi connectivity index (χ0n) is 14.3. The van der Waals surface area contributed by atoms with Gasteiger partial charge in [0.05, 0.1) is 4.88 Å². The van der Waals surface area contributed by atoms with Crippen LogP contribution in [-0.4, -0.2) is 17.9 Å². The number of nitrogens with one attached hydrogen (secondary N) is 2. The standard InChI is InChI=1S/C18H22N2O3S/c1-12(16(21)19-20-17(22)15-6-5-11-24-15)23-14-9-7-13(8-10-14)18(2,3)4/h5-12H,1-4H3,(H,19,21)(H,20,22)/t12-/m0/s1. The minimum absolute atomic E-state index is 0.0631. The number of carbonyl (C=O) groups excluding carboxylic acids is 2. The van der Waals surface area contributed by atoms with Gasteiger partial charge in [0.2, 0.25) is 0 Å². The SMILES string of the molecule is C[C@H](Oc1ccc(C(C)(C)C)cc1)C(=O)NNC(=O)c1cccs1. The molecule has 128 valence electrons. The molecule has 1 aromatic heterocycles. The Balaban J connectivity index is 1.86. The van der Waals surface area contributed by atoms with Crippen molar-refractivity contribution in [2.75, 3.05) is 0 Å². The van der Waals surface area contributed by atoms with Crippen molar-refractivity contribution < 1.29 is 14.3 Å². The second-order valence-corrected chi connectivity index (χ2v) is 7.40. The van der Waals surface area contributed by atoms with Crippen molar-refractivity contribution in [3.8, 4) is 5.75 Å². The first kappa shape index (κ1) is 18.0. The Bertz CT molecular complexity index is 688. The van der Waals surface area contributed by atoms with Gasteiger partial charge in [-0.25, -0.2) is 0 Å². The van der Waals surface area contributed by atoms with Gasteiger partial charge in [-0.1, -0.05) is 39.0 Å². The summed E-state index contributed by atoms with van der Waals surface area (Å²) in [7, 11) is 0. The molecule has 1 atom stereocenters. The molecule has 0 saturated carbocycles. The number of carbonyl (C=O) groups is 2. The number of rotatable bonds is 4. The van der Waals surface area contributed by atoms with Gasteiger partial charge in [0.1, 0.15) is 5.75 Å². The smallest absolute Gasteiger partial charge is 0.279 e. The minimum Gasteiger partial charge on any atom is -0.481 e. The van der Waals surface area contributed by atoms with E-state index in [1.165, 1.54) is 16.9 Å². The molecule has 0 saturated heterocycles. The Morgan fingerprint density at radius 2 is 1.75 bits per heavy atom. The monoisotopic (exact) mass is 346 g/mol. The van der Waals surface area contributed by atoms with Crippen molar-refractivity contribution in [2.45, 2.75) is 39.2 Å². The first-order valence-corrected chi connectivity index (χ1v) is 8.56. The van der Waals surface area contributed by atoms with E-state index in [0.717, 1.165) is 0 Å². The molecule has 2 rings (SSSR count). The van der Waals surface area contributed by atoms with Crippen LogP contribution in [0.25, 0.3) is 0 Å². The zero-order chi connectivity index (χ0) is 17.7. The van der Waals surface area contributed by atoms with Crippen molar-refractivity contribution in [3.63, 3.8) is 0 Å². The Morgan fingerprint density at radius 3 is 2.29 bits per heavy atom. The van der Waals surface area contributed by atoms with Crippen molar-refractivity contribution in [3.05, 3.63) is 52.2 Å². The lowest BCUT2D eigenvalue weighted by Gasteiger charge is -2.20. The topological polar surface area (TPSA) is 67.4 Å². The molecule has 0 aliphatic rings. The van der Waals surface area contributed by atoms with Gasteiger partial charge >= 0.3 is 0 Å². The van der Waals surface area contributed by atoms with Crippen molar-refractivity contribution in [1.29, 1.82) is 0 Å². The lowest BCUT2D eigenvalue weighted by atomic mass is 9.87. The predicted molar refractivity (Wildman–Crippen MR) is 95.2 cm³/mol. The molecule has 0 aliphatic carbocycles. The molecule has 0 spiro atoms. The van der Waals surface area contributed by atoms with Crippen LogP contribution in [0.3, 0.4) is 0 Å². The van der Waals surface area contributed by atoms with E-state index in [-0.39, 0.29) is 11.3 Å². The fourth-order valence-corrected chi connectivity index (χ4v) is 2.60. The first-order valence-electron chi connectivity index (χ1n) is 7.68. The van der Waals surface area contributed by atoms with Crippen LogP contribution in [0.5, 0.6) is 5.75 Å². The summed E-state index contributed by atoms with van der Waals surface area (Å²) >= 11 is 1.30. The van der Waals surface area contributed by atoms with Gasteiger partial charge in [0.25, 0.3) is 11.8 Å². The van der Waals surface area contributed by atoms with Crippen LogP contribution in [0.1, 0.15) is 42.9 Å². The summed E-state index contributed by atoms with van der Waals surface area (Å²) in [6.45, 7) is 8.03. The maximum Gasteiger partial charge on any atom is 0.279 e. The van der Waals surface area contributed by atoms with Crippen LogP contribution in [0.4, 0.5) is 0 Å². The van der Waals surface area contributed by atoms with Gasteiger partial charge in [-0.2, -0.15) is 0 Å². The molecule has 0 radical (unpaired) electrons. The molecule has 2 aromatic rings. The highest BCUT2D eigenvalue weighted by atomic mass is 32.1.